The Kier molecular flexibility index (Phi) is 5.85. The number of nitrogens with zero attached hydrogens (tertiary/aromatic N) is 1. The van der Waals surface area contributed by atoms with E-state index in [1.807, 2.05) is 20.8 Å². The predicted molar refractivity (Wildman–Crippen MR) is 51.7 cm³/mol. The van der Waals surface area contributed by atoms with Gasteiger partial charge in [0.25, 0.3) is 0 Å². The lowest BCUT2D eigenvalue weighted by atomic mass is 10.2. The summed E-state index contributed by atoms with van der Waals surface area (Å²) in [6.07, 6.45) is 1.53. The van der Waals surface area contributed by atoms with Gasteiger partial charge < -0.3 is 4.74 Å². The number of halogens is 1. The Morgan fingerprint density at radius 2 is 2.08 bits per heavy atom. The van der Waals surface area contributed by atoms with E-state index < -0.39 is 6.67 Å². The molecule has 0 aliphatic carbocycles. The molecule has 0 N–H and O–H groups in total. The molecule has 0 fully saturated rings. The summed E-state index contributed by atoms with van der Waals surface area (Å²) in [6.45, 7) is 5.34. The van der Waals surface area contributed by atoms with Crippen LogP contribution in [0.5, 0.6) is 5.75 Å². The van der Waals surface area contributed by atoms with Crippen LogP contribution in [0.2, 0.25) is 0 Å². The maximum absolute atomic E-state index is 12.0. The largest absolute Gasteiger partial charge is 0.495 e. The van der Waals surface area contributed by atoms with Gasteiger partial charge in [-0.1, -0.05) is 13.8 Å². The molecule has 0 atom stereocenters. The van der Waals surface area contributed by atoms with Gasteiger partial charge >= 0.3 is 0 Å². The summed E-state index contributed by atoms with van der Waals surface area (Å²) in [7, 11) is 1.57. The normalized spacial score (nSPS) is 8.69. The number of alkyl halides is 1. The van der Waals surface area contributed by atoms with Gasteiger partial charge in [0.2, 0.25) is 0 Å². The van der Waals surface area contributed by atoms with E-state index in [0.717, 1.165) is 5.56 Å². The van der Waals surface area contributed by atoms with Crippen LogP contribution in [0.4, 0.5) is 4.39 Å². The maximum Gasteiger partial charge on any atom is 0.140 e. The van der Waals surface area contributed by atoms with E-state index in [4.69, 9.17) is 4.74 Å². The quantitative estimate of drug-likeness (QED) is 0.706. The fourth-order valence-electron chi connectivity index (χ4n) is 0.888. The standard InChI is InChI=1S/C8H10FNO.C2H6/c1-6-3-7(4-9)10-5-8(6)11-2;1-2/h3,5H,4H2,1-2H3;1-2H3. The van der Waals surface area contributed by atoms with Crippen molar-refractivity contribution in [1.29, 1.82) is 0 Å². The number of hydrogen-bond donors (Lipinski definition) is 0. The zero-order chi connectivity index (χ0) is 10.3. The van der Waals surface area contributed by atoms with Crippen molar-refractivity contribution in [3.05, 3.63) is 23.5 Å². The van der Waals surface area contributed by atoms with Gasteiger partial charge in [0.1, 0.15) is 12.4 Å². The van der Waals surface area contributed by atoms with E-state index in [1.165, 1.54) is 6.20 Å². The highest BCUT2D eigenvalue weighted by Crippen LogP contribution is 2.16. The first kappa shape index (κ1) is 11.9. The molecule has 1 aromatic rings. The molecule has 13 heavy (non-hydrogen) atoms. The molecule has 0 spiro atoms. The van der Waals surface area contributed by atoms with Crippen LogP contribution in [0.3, 0.4) is 0 Å². The molecule has 0 saturated heterocycles. The van der Waals surface area contributed by atoms with E-state index in [1.54, 1.807) is 13.2 Å². The molecule has 3 heteroatoms. The van der Waals surface area contributed by atoms with Gasteiger partial charge in [-0.25, -0.2) is 4.39 Å². The van der Waals surface area contributed by atoms with Gasteiger partial charge in [-0.05, 0) is 18.6 Å². The number of aryl methyl sites for hydroxylation is 1. The van der Waals surface area contributed by atoms with Gasteiger partial charge in [-0.3, -0.25) is 4.98 Å². The van der Waals surface area contributed by atoms with Crippen molar-refractivity contribution in [2.75, 3.05) is 7.11 Å². The molecular weight excluding hydrogens is 169 g/mol. The molecule has 74 valence electrons. The van der Waals surface area contributed by atoms with Crippen LogP contribution < -0.4 is 4.74 Å². The summed E-state index contributed by atoms with van der Waals surface area (Å²) in [5.41, 5.74) is 1.36. The Morgan fingerprint density at radius 1 is 1.46 bits per heavy atom. The zero-order valence-corrected chi connectivity index (χ0v) is 8.60. The second-order valence-electron chi connectivity index (χ2n) is 2.28. The summed E-state index contributed by atoms with van der Waals surface area (Å²) >= 11 is 0. The Bertz CT molecular complexity index is 251. The Hall–Kier alpha value is -1.12. The molecule has 0 radical (unpaired) electrons. The molecular formula is C10H16FNO. The maximum atomic E-state index is 12.0. The van der Waals surface area contributed by atoms with Crippen molar-refractivity contribution >= 4 is 0 Å². The van der Waals surface area contributed by atoms with Crippen LogP contribution in [-0.4, -0.2) is 12.1 Å². The van der Waals surface area contributed by atoms with Crippen LogP contribution >= 0.6 is 0 Å². The number of methoxy groups -OCH3 is 1. The third-order valence-electron chi connectivity index (χ3n) is 1.48. The van der Waals surface area contributed by atoms with Crippen LogP contribution in [-0.2, 0) is 6.67 Å². The molecule has 0 aliphatic rings. The molecule has 0 unspecified atom stereocenters. The summed E-state index contributed by atoms with van der Waals surface area (Å²) in [4.78, 5) is 3.83. The average Bonchev–Trinajstić information content (AvgIpc) is 2.20. The van der Waals surface area contributed by atoms with Crippen molar-refractivity contribution in [2.24, 2.45) is 0 Å². The first-order valence-corrected chi connectivity index (χ1v) is 4.33. The number of hydrogen-bond acceptors (Lipinski definition) is 2. The van der Waals surface area contributed by atoms with Crippen molar-refractivity contribution in [1.82, 2.24) is 4.98 Å². The van der Waals surface area contributed by atoms with Crippen LogP contribution in [0, 0.1) is 6.92 Å². The summed E-state index contributed by atoms with van der Waals surface area (Å²) in [5, 5.41) is 0. The van der Waals surface area contributed by atoms with Gasteiger partial charge in [0, 0.05) is 0 Å². The number of pyridine rings is 1. The molecule has 0 aliphatic heterocycles. The van der Waals surface area contributed by atoms with Gasteiger partial charge in [-0.2, -0.15) is 0 Å². The van der Waals surface area contributed by atoms with Crippen molar-refractivity contribution in [3.63, 3.8) is 0 Å². The van der Waals surface area contributed by atoms with Crippen LogP contribution in [0.1, 0.15) is 25.1 Å². The van der Waals surface area contributed by atoms with E-state index >= 15 is 0 Å². The fraction of sp³-hybridized carbons (Fsp3) is 0.500. The third kappa shape index (κ3) is 3.40. The van der Waals surface area contributed by atoms with Gasteiger partial charge in [0.05, 0.1) is 19.0 Å². The first-order valence-electron chi connectivity index (χ1n) is 4.33. The summed E-state index contributed by atoms with van der Waals surface area (Å²) in [6, 6.07) is 1.68. The molecule has 0 aromatic carbocycles. The Labute approximate surface area is 78.8 Å². The third-order valence-corrected chi connectivity index (χ3v) is 1.48. The first-order chi connectivity index (χ1) is 6.27. The Balaban J connectivity index is 0.000000671. The highest BCUT2D eigenvalue weighted by atomic mass is 19.1. The summed E-state index contributed by atoms with van der Waals surface area (Å²) in [5.74, 6) is 0.696. The molecule has 2 nitrogen and oxygen atoms in total. The van der Waals surface area contributed by atoms with E-state index in [9.17, 15) is 4.39 Å². The molecule has 1 heterocycles. The zero-order valence-electron chi connectivity index (χ0n) is 8.60. The lowest BCUT2D eigenvalue weighted by Crippen LogP contribution is -1.91. The molecule has 0 bridgehead atoms. The second kappa shape index (κ2) is 6.40. The monoisotopic (exact) mass is 185 g/mol. The smallest absolute Gasteiger partial charge is 0.140 e. The minimum absolute atomic E-state index is 0.448. The van der Waals surface area contributed by atoms with Crippen LogP contribution in [0.25, 0.3) is 0 Å². The summed E-state index contributed by atoms with van der Waals surface area (Å²) < 4.78 is 17.0. The Morgan fingerprint density at radius 3 is 2.46 bits per heavy atom. The lowest BCUT2D eigenvalue weighted by molar-refractivity contribution is 0.407. The minimum Gasteiger partial charge on any atom is -0.495 e. The minimum atomic E-state index is -0.523. The molecule has 0 amide bonds. The van der Waals surface area contributed by atoms with Crippen molar-refractivity contribution < 1.29 is 9.13 Å². The number of ether oxygens (including phenoxy) is 1. The van der Waals surface area contributed by atoms with Gasteiger partial charge in [0.15, 0.2) is 0 Å². The SMILES string of the molecule is CC.COc1cnc(CF)cc1C. The van der Waals surface area contributed by atoms with Gasteiger partial charge in [-0.15, -0.1) is 0 Å². The predicted octanol–water partition coefficient (Wildman–Crippen LogP) is 2.89. The topological polar surface area (TPSA) is 22.1 Å². The number of rotatable bonds is 2. The highest BCUT2D eigenvalue weighted by molar-refractivity contribution is 5.30. The highest BCUT2D eigenvalue weighted by Gasteiger charge is 1.99. The molecule has 1 aromatic heterocycles. The second-order valence-corrected chi connectivity index (χ2v) is 2.28. The van der Waals surface area contributed by atoms with Crippen LogP contribution in [0.15, 0.2) is 12.3 Å². The fourth-order valence-corrected chi connectivity index (χ4v) is 0.888. The molecule has 1 rings (SSSR count). The van der Waals surface area contributed by atoms with E-state index in [-0.39, 0.29) is 0 Å². The lowest BCUT2D eigenvalue weighted by Gasteiger charge is -2.03. The van der Waals surface area contributed by atoms with Crippen molar-refractivity contribution in [2.45, 2.75) is 27.4 Å². The van der Waals surface area contributed by atoms with Crippen molar-refractivity contribution in [3.8, 4) is 5.75 Å². The number of aromatic nitrogens is 1. The molecule has 0 saturated carbocycles. The van der Waals surface area contributed by atoms with E-state index in [2.05, 4.69) is 4.98 Å². The van der Waals surface area contributed by atoms with E-state index in [0.29, 0.717) is 11.4 Å². The average molecular weight is 185 g/mol.